The van der Waals surface area contributed by atoms with E-state index in [0.717, 1.165) is 23.5 Å². The molecular weight excluding hydrogens is 265 g/mol. The molecule has 1 unspecified atom stereocenters. The molecule has 0 radical (unpaired) electrons. The largest absolute Gasteiger partial charge is 0.464 e. The van der Waals surface area contributed by atoms with Crippen LogP contribution in [0.15, 0.2) is 28.7 Å². The van der Waals surface area contributed by atoms with Crippen LogP contribution in [-0.4, -0.2) is 7.05 Å². The summed E-state index contributed by atoms with van der Waals surface area (Å²) in [5, 5.41) is 3.56. The zero-order valence-electron chi connectivity index (χ0n) is 11.3. The summed E-state index contributed by atoms with van der Waals surface area (Å²) in [6.07, 6.45) is 0.840. The van der Waals surface area contributed by atoms with Crippen molar-refractivity contribution in [3.63, 3.8) is 0 Å². The number of hydrogen-bond donors (Lipinski definition) is 1. The molecule has 1 atom stereocenters. The van der Waals surface area contributed by atoms with Crippen molar-refractivity contribution < 1.29 is 8.81 Å². The van der Waals surface area contributed by atoms with E-state index < -0.39 is 0 Å². The van der Waals surface area contributed by atoms with E-state index >= 15 is 0 Å². The number of furan rings is 1. The molecule has 1 aromatic carbocycles. The van der Waals surface area contributed by atoms with Gasteiger partial charge in [0.2, 0.25) is 0 Å². The van der Waals surface area contributed by atoms with E-state index in [1.165, 1.54) is 6.07 Å². The Morgan fingerprint density at radius 1 is 1.37 bits per heavy atom. The van der Waals surface area contributed by atoms with Crippen LogP contribution in [0.4, 0.5) is 4.39 Å². The topological polar surface area (TPSA) is 25.2 Å². The lowest BCUT2D eigenvalue weighted by molar-refractivity contribution is 0.433. The van der Waals surface area contributed by atoms with E-state index in [0.29, 0.717) is 10.6 Å². The van der Waals surface area contributed by atoms with Crippen molar-refractivity contribution in [3.05, 3.63) is 57.8 Å². The summed E-state index contributed by atoms with van der Waals surface area (Å²) in [6.45, 7) is 3.76. The Bertz CT molecular complexity index is 580. The highest BCUT2D eigenvalue weighted by atomic mass is 35.5. The molecule has 0 fully saturated rings. The van der Waals surface area contributed by atoms with E-state index in [1.54, 1.807) is 13.0 Å². The fourth-order valence-corrected chi connectivity index (χ4v) is 2.35. The van der Waals surface area contributed by atoms with Crippen LogP contribution in [0.2, 0.25) is 5.02 Å². The highest BCUT2D eigenvalue weighted by molar-refractivity contribution is 6.31. The lowest BCUT2D eigenvalue weighted by atomic mass is 10.0. The molecule has 2 aromatic rings. The van der Waals surface area contributed by atoms with E-state index in [4.69, 9.17) is 16.0 Å². The zero-order chi connectivity index (χ0) is 14.0. The van der Waals surface area contributed by atoms with Gasteiger partial charge in [-0.25, -0.2) is 4.39 Å². The Hall–Kier alpha value is -1.32. The predicted molar refractivity (Wildman–Crippen MR) is 75.1 cm³/mol. The first-order valence-electron chi connectivity index (χ1n) is 6.28. The van der Waals surface area contributed by atoms with Gasteiger partial charge >= 0.3 is 0 Å². The molecule has 0 spiro atoms. The number of rotatable bonds is 4. The first-order valence-corrected chi connectivity index (χ1v) is 6.66. The van der Waals surface area contributed by atoms with Gasteiger partial charge in [0.05, 0.1) is 6.04 Å². The molecule has 19 heavy (non-hydrogen) atoms. The van der Waals surface area contributed by atoms with Gasteiger partial charge < -0.3 is 9.73 Å². The highest BCUT2D eigenvalue weighted by Crippen LogP contribution is 2.31. The molecule has 102 valence electrons. The van der Waals surface area contributed by atoms with Crippen LogP contribution in [0.5, 0.6) is 0 Å². The molecule has 0 amide bonds. The second kappa shape index (κ2) is 5.76. The summed E-state index contributed by atoms with van der Waals surface area (Å²) < 4.78 is 19.2. The maximum atomic E-state index is 13.5. The minimum Gasteiger partial charge on any atom is -0.464 e. The predicted octanol–water partition coefficient (Wildman–Crippen LogP) is 4.25. The minimum atomic E-state index is -0.294. The Kier molecular flexibility index (Phi) is 4.27. The summed E-state index contributed by atoms with van der Waals surface area (Å²) in [4.78, 5) is 0. The van der Waals surface area contributed by atoms with Gasteiger partial charge in [-0.05, 0) is 49.4 Å². The smallest absolute Gasteiger partial charge is 0.127 e. The Labute approximate surface area is 117 Å². The lowest BCUT2D eigenvalue weighted by Gasteiger charge is -2.17. The lowest BCUT2D eigenvalue weighted by Crippen LogP contribution is -2.17. The summed E-state index contributed by atoms with van der Waals surface area (Å²) in [7, 11) is 1.83. The monoisotopic (exact) mass is 281 g/mol. The Morgan fingerprint density at radius 3 is 2.68 bits per heavy atom. The first-order chi connectivity index (χ1) is 9.06. The summed E-state index contributed by atoms with van der Waals surface area (Å²) in [5.74, 6) is 1.41. The Balaban J connectivity index is 2.44. The van der Waals surface area contributed by atoms with Gasteiger partial charge in [0.25, 0.3) is 0 Å². The molecule has 0 bridgehead atoms. The molecular formula is C15H17ClFNO. The molecule has 0 aliphatic carbocycles. The van der Waals surface area contributed by atoms with Crippen LogP contribution < -0.4 is 5.32 Å². The minimum absolute atomic E-state index is 0.174. The summed E-state index contributed by atoms with van der Waals surface area (Å²) >= 11 is 6.14. The van der Waals surface area contributed by atoms with Crippen molar-refractivity contribution in [1.29, 1.82) is 0 Å². The van der Waals surface area contributed by atoms with Crippen LogP contribution in [0, 0.1) is 12.7 Å². The van der Waals surface area contributed by atoms with Crippen LogP contribution in [0.25, 0.3) is 0 Å². The van der Waals surface area contributed by atoms with Gasteiger partial charge in [0.15, 0.2) is 0 Å². The summed E-state index contributed by atoms with van der Waals surface area (Å²) in [5.41, 5.74) is 1.39. The molecule has 4 heteroatoms. The second-order valence-corrected chi connectivity index (χ2v) is 4.91. The third-order valence-corrected chi connectivity index (χ3v) is 3.52. The van der Waals surface area contributed by atoms with Gasteiger partial charge in [-0.1, -0.05) is 18.5 Å². The normalized spacial score (nSPS) is 12.7. The van der Waals surface area contributed by atoms with Gasteiger partial charge in [-0.15, -0.1) is 0 Å². The number of nitrogens with one attached hydrogen (secondary N) is 1. The maximum absolute atomic E-state index is 13.5. The number of hydrogen-bond acceptors (Lipinski definition) is 2. The van der Waals surface area contributed by atoms with Crippen LogP contribution in [0.3, 0.4) is 0 Å². The van der Waals surface area contributed by atoms with Crippen LogP contribution >= 0.6 is 11.6 Å². The quantitative estimate of drug-likeness (QED) is 0.906. The number of aryl methyl sites for hydroxylation is 2. The van der Waals surface area contributed by atoms with Gasteiger partial charge in [-0.3, -0.25) is 0 Å². The van der Waals surface area contributed by atoms with Crippen molar-refractivity contribution >= 4 is 11.6 Å². The SMILES string of the molecule is CCc1ccc(C(NC)c2cc(C)c(F)cc2Cl)o1. The second-order valence-electron chi connectivity index (χ2n) is 4.50. The maximum Gasteiger partial charge on any atom is 0.127 e. The van der Waals surface area contributed by atoms with E-state index in [9.17, 15) is 4.39 Å². The molecule has 0 aliphatic heterocycles. The Morgan fingerprint density at radius 2 is 2.11 bits per heavy atom. The van der Waals surface area contributed by atoms with Crippen molar-refractivity contribution in [2.45, 2.75) is 26.3 Å². The summed E-state index contributed by atoms with van der Waals surface area (Å²) in [6, 6.07) is 6.80. The average molecular weight is 282 g/mol. The molecule has 2 nitrogen and oxygen atoms in total. The van der Waals surface area contributed by atoms with E-state index in [2.05, 4.69) is 5.32 Å². The third kappa shape index (κ3) is 2.82. The standard InChI is InChI=1S/C15H17ClFNO/c1-4-10-5-6-14(19-10)15(18-3)11-7-9(2)13(17)8-12(11)16/h5-8,15,18H,4H2,1-3H3. The molecule has 1 N–H and O–H groups in total. The zero-order valence-corrected chi connectivity index (χ0v) is 12.0. The molecule has 2 rings (SSSR count). The molecule has 0 saturated heterocycles. The first kappa shape index (κ1) is 14.1. The van der Waals surface area contributed by atoms with Crippen LogP contribution in [0.1, 0.15) is 35.6 Å². The van der Waals surface area contributed by atoms with Crippen LogP contribution in [-0.2, 0) is 6.42 Å². The number of halogens is 2. The average Bonchev–Trinajstić information content (AvgIpc) is 2.85. The fourth-order valence-electron chi connectivity index (χ4n) is 2.09. The molecule has 0 aliphatic rings. The fraction of sp³-hybridized carbons (Fsp3) is 0.333. The van der Waals surface area contributed by atoms with E-state index in [1.807, 2.05) is 26.1 Å². The van der Waals surface area contributed by atoms with Crippen molar-refractivity contribution in [2.75, 3.05) is 7.05 Å². The number of benzene rings is 1. The molecule has 0 saturated carbocycles. The molecule has 1 heterocycles. The highest BCUT2D eigenvalue weighted by Gasteiger charge is 2.20. The van der Waals surface area contributed by atoms with Crippen molar-refractivity contribution in [1.82, 2.24) is 5.32 Å². The molecule has 1 aromatic heterocycles. The van der Waals surface area contributed by atoms with E-state index in [-0.39, 0.29) is 11.9 Å². The van der Waals surface area contributed by atoms with Gasteiger partial charge in [-0.2, -0.15) is 0 Å². The van der Waals surface area contributed by atoms with Crippen molar-refractivity contribution in [2.24, 2.45) is 0 Å². The van der Waals surface area contributed by atoms with Crippen molar-refractivity contribution in [3.8, 4) is 0 Å². The van der Waals surface area contributed by atoms with Gasteiger partial charge in [0.1, 0.15) is 17.3 Å². The third-order valence-electron chi connectivity index (χ3n) is 3.19. The van der Waals surface area contributed by atoms with Gasteiger partial charge in [0, 0.05) is 11.4 Å².